The molecule has 0 unspecified atom stereocenters. The zero-order valence-corrected chi connectivity index (χ0v) is 11.0. The molecule has 1 heterocycles. The summed E-state index contributed by atoms with van der Waals surface area (Å²) < 4.78 is 0. The Labute approximate surface area is 107 Å². The molecular weight excluding hydrogens is 232 g/mol. The van der Waals surface area contributed by atoms with E-state index >= 15 is 0 Å². The van der Waals surface area contributed by atoms with E-state index in [9.17, 15) is 4.79 Å². The van der Waals surface area contributed by atoms with Crippen molar-refractivity contribution in [3.63, 3.8) is 0 Å². The fraction of sp³-hybridized carbons (Fsp3) is 0.545. The highest BCUT2D eigenvalue weighted by Crippen LogP contribution is 2.05. The number of anilines is 2. The van der Waals surface area contributed by atoms with Crippen LogP contribution in [0.1, 0.15) is 6.92 Å². The summed E-state index contributed by atoms with van der Waals surface area (Å²) in [4.78, 5) is 21.1. The summed E-state index contributed by atoms with van der Waals surface area (Å²) in [6.07, 6.45) is 3.32. The maximum absolute atomic E-state index is 11.2. The van der Waals surface area contributed by atoms with Gasteiger partial charge in [0.1, 0.15) is 11.6 Å². The zero-order valence-electron chi connectivity index (χ0n) is 11.0. The SMILES string of the molecule is CCNc1cncc(NCCNC(=O)N(C)C)n1. The number of carbonyl (C=O) groups is 1. The molecule has 0 aliphatic rings. The molecule has 0 fully saturated rings. The molecule has 0 bridgehead atoms. The van der Waals surface area contributed by atoms with Crippen LogP contribution >= 0.6 is 0 Å². The first-order chi connectivity index (χ1) is 8.63. The Morgan fingerprint density at radius 1 is 1.22 bits per heavy atom. The summed E-state index contributed by atoms with van der Waals surface area (Å²) in [5.74, 6) is 1.42. The van der Waals surface area contributed by atoms with Crippen LogP contribution in [-0.4, -0.2) is 54.6 Å². The quantitative estimate of drug-likeness (QED) is 0.646. The van der Waals surface area contributed by atoms with Gasteiger partial charge in [0.25, 0.3) is 0 Å². The highest BCUT2D eigenvalue weighted by molar-refractivity contribution is 5.73. The molecule has 3 N–H and O–H groups in total. The monoisotopic (exact) mass is 252 g/mol. The number of aromatic nitrogens is 2. The van der Waals surface area contributed by atoms with Crippen LogP contribution in [0, 0.1) is 0 Å². The van der Waals surface area contributed by atoms with Gasteiger partial charge in [-0.1, -0.05) is 0 Å². The number of hydrogen-bond acceptors (Lipinski definition) is 5. The highest BCUT2D eigenvalue weighted by Gasteiger charge is 2.01. The van der Waals surface area contributed by atoms with Crippen LogP contribution in [0.2, 0.25) is 0 Å². The molecule has 0 saturated carbocycles. The van der Waals surface area contributed by atoms with Crippen LogP contribution in [0.25, 0.3) is 0 Å². The number of carbonyl (C=O) groups excluding carboxylic acids is 1. The molecule has 0 saturated heterocycles. The first-order valence-corrected chi connectivity index (χ1v) is 5.88. The summed E-state index contributed by atoms with van der Waals surface area (Å²) in [6.45, 7) is 3.93. The molecule has 18 heavy (non-hydrogen) atoms. The van der Waals surface area contributed by atoms with E-state index in [-0.39, 0.29) is 6.03 Å². The van der Waals surface area contributed by atoms with E-state index in [4.69, 9.17) is 0 Å². The van der Waals surface area contributed by atoms with E-state index in [1.54, 1.807) is 26.5 Å². The zero-order chi connectivity index (χ0) is 13.4. The number of urea groups is 1. The minimum absolute atomic E-state index is 0.107. The second-order valence-electron chi connectivity index (χ2n) is 3.87. The average molecular weight is 252 g/mol. The first-order valence-electron chi connectivity index (χ1n) is 5.88. The lowest BCUT2D eigenvalue weighted by Gasteiger charge is -2.12. The van der Waals surface area contributed by atoms with Gasteiger partial charge in [0, 0.05) is 33.7 Å². The van der Waals surface area contributed by atoms with Gasteiger partial charge in [-0.15, -0.1) is 0 Å². The van der Waals surface area contributed by atoms with Gasteiger partial charge in [-0.3, -0.25) is 4.98 Å². The third-order valence-corrected chi connectivity index (χ3v) is 2.11. The van der Waals surface area contributed by atoms with Crippen molar-refractivity contribution in [2.75, 3.05) is 44.4 Å². The number of rotatable bonds is 6. The molecule has 100 valence electrons. The third kappa shape index (κ3) is 4.86. The molecule has 2 amide bonds. The van der Waals surface area contributed by atoms with Gasteiger partial charge in [0.2, 0.25) is 0 Å². The van der Waals surface area contributed by atoms with E-state index < -0.39 is 0 Å². The van der Waals surface area contributed by atoms with E-state index in [0.717, 1.165) is 12.4 Å². The molecule has 0 spiro atoms. The fourth-order valence-corrected chi connectivity index (χ4v) is 1.24. The van der Waals surface area contributed by atoms with Crippen molar-refractivity contribution >= 4 is 17.7 Å². The number of nitrogens with zero attached hydrogens (tertiary/aromatic N) is 3. The van der Waals surface area contributed by atoms with Crippen LogP contribution in [0.5, 0.6) is 0 Å². The third-order valence-electron chi connectivity index (χ3n) is 2.11. The molecule has 0 atom stereocenters. The van der Waals surface area contributed by atoms with Gasteiger partial charge < -0.3 is 20.9 Å². The maximum Gasteiger partial charge on any atom is 0.316 e. The second kappa shape index (κ2) is 7.31. The lowest BCUT2D eigenvalue weighted by Crippen LogP contribution is -2.37. The van der Waals surface area contributed by atoms with Crippen molar-refractivity contribution in [1.82, 2.24) is 20.2 Å². The maximum atomic E-state index is 11.2. The summed E-state index contributed by atoms with van der Waals surface area (Å²) in [6, 6.07) is -0.107. The molecule has 0 aliphatic heterocycles. The van der Waals surface area contributed by atoms with Crippen LogP contribution in [0.15, 0.2) is 12.4 Å². The fourth-order valence-electron chi connectivity index (χ4n) is 1.24. The van der Waals surface area contributed by atoms with Gasteiger partial charge in [0.15, 0.2) is 0 Å². The van der Waals surface area contributed by atoms with Crippen LogP contribution in [0.3, 0.4) is 0 Å². The Balaban J connectivity index is 2.30. The normalized spacial score (nSPS) is 9.72. The standard InChI is InChI=1S/C11H20N6O/c1-4-13-9-7-12-8-10(16-9)14-5-6-15-11(18)17(2)3/h7-8H,4-6H2,1-3H3,(H,15,18)(H2,13,14,16). The first kappa shape index (κ1) is 14.0. The Kier molecular flexibility index (Phi) is 5.69. The van der Waals surface area contributed by atoms with Gasteiger partial charge >= 0.3 is 6.03 Å². The molecule has 1 aromatic heterocycles. The van der Waals surface area contributed by atoms with Crippen molar-refractivity contribution in [1.29, 1.82) is 0 Å². The molecule has 0 aromatic carbocycles. The number of amides is 2. The Morgan fingerprint density at radius 3 is 2.50 bits per heavy atom. The van der Waals surface area contributed by atoms with E-state index in [2.05, 4.69) is 25.9 Å². The van der Waals surface area contributed by atoms with Gasteiger partial charge in [-0.25, -0.2) is 9.78 Å². The van der Waals surface area contributed by atoms with Crippen molar-refractivity contribution in [2.45, 2.75) is 6.92 Å². The lowest BCUT2D eigenvalue weighted by molar-refractivity contribution is 0.218. The van der Waals surface area contributed by atoms with Crippen molar-refractivity contribution in [3.05, 3.63) is 12.4 Å². The molecule has 7 heteroatoms. The molecule has 0 radical (unpaired) electrons. The smallest absolute Gasteiger partial charge is 0.316 e. The van der Waals surface area contributed by atoms with Crippen molar-refractivity contribution in [3.8, 4) is 0 Å². The molecule has 0 aliphatic carbocycles. The molecule has 1 rings (SSSR count). The summed E-state index contributed by atoms with van der Waals surface area (Å²) in [7, 11) is 3.41. The van der Waals surface area contributed by atoms with Crippen LogP contribution in [-0.2, 0) is 0 Å². The topological polar surface area (TPSA) is 82.2 Å². The number of nitrogens with one attached hydrogen (secondary N) is 3. The largest absolute Gasteiger partial charge is 0.369 e. The predicted molar refractivity (Wildman–Crippen MR) is 71.8 cm³/mol. The molecule has 1 aromatic rings. The predicted octanol–water partition coefficient (Wildman–Crippen LogP) is 0.591. The summed E-state index contributed by atoms with van der Waals surface area (Å²) >= 11 is 0. The van der Waals surface area contributed by atoms with E-state index in [1.165, 1.54) is 4.90 Å². The molecular formula is C11H20N6O. The van der Waals surface area contributed by atoms with Crippen molar-refractivity contribution < 1.29 is 4.79 Å². The van der Waals surface area contributed by atoms with Crippen LogP contribution in [0.4, 0.5) is 16.4 Å². The Hall–Kier alpha value is -2.05. The van der Waals surface area contributed by atoms with E-state index in [0.29, 0.717) is 18.9 Å². The van der Waals surface area contributed by atoms with Gasteiger partial charge in [-0.05, 0) is 6.92 Å². The van der Waals surface area contributed by atoms with Gasteiger partial charge in [0.05, 0.1) is 12.4 Å². The second-order valence-corrected chi connectivity index (χ2v) is 3.87. The van der Waals surface area contributed by atoms with Crippen LogP contribution < -0.4 is 16.0 Å². The summed E-state index contributed by atoms with van der Waals surface area (Å²) in [5, 5.41) is 8.93. The number of hydrogen-bond donors (Lipinski definition) is 3. The Bertz CT molecular complexity index is 382. The minimum atomic E-state index is -0.107. The molecule has 7 nitrogen and oxygen atoms in total. The average Bonchev–Trinajstić information content (AvgIpc) is 2.35. The minimum Gasteiger partial charge on any atom is -0.369 e. The van der Waals surface area contributed by atoms with Crippen molar-refractivity contribution in [2.24, 2.45) is 0 Å². The van der Waals surface area contributed by atoms with Gasteiger partial charge in [-0.2, -0.15) is 0 Å². The highest BCUT2D eigenvalue weighted by atomic mass is 16.2. The lowest BCUT2D eigenvalue weighted by atomic mass is 10.5. The van der Waals surface area contributed by atoms with E-state index in [1.807, 2.05) is 6.92 Å². The summed E-state index contributed by atoms with van der Waals surface area (Å²) in [5.41, 5.74) is 0. The Morgan fingerprint density at radius 2 is 1.89 bits per heavy atom.